The quantitative estimate of drug-likeness (QED) is 0.600. The molecule has 0 aliphatic carbocycles. The van der Waals surface area contributed by atoms with E-state index in [1.165, 1.54) is 0 Å². The molecule has 1 aromatic carbocycles. The number of carbonyl (C=O) groups is 3. The summed E-state index contributed by atoms with van der Waals surface area (Å²) in [5, 5.41) is 9.05. The van der Waals surface area contributed by atoms with Crippen LogP contribution in [-0.4, -0.2) is 59.8 Å². The Bertz CT molecular complexity index is 1070. The molecule has 9 heteroatoms. The third-order valence-corrected chi connectivity index (χ3v) is 6.32. The van der Waals surface area contributed by atoms with Gasteiger partial charge in [-0.1, -0.05) is 18.2 Å². The van der Waals surface area contributed by atoms with E-state index >= 15 is 0 Å². The number of fused-ring (bicyclic) bond motifs is 1. The lowest BCUT2D eigenvalue weighted by Gasteiger charge is -2.29. The molecule has 1 unspecified atom stereocenters. The minimum Gasteiger partial charge on any atom is -0.369 e. The Balaban J connectivity index is 1.31. The van der Waals surface area contributed by atoms with E-state index in [2.05, 4.69) is 25.8 Å². The predicted molar refractivity (Wildman–Crippen MR) is 119 cm³/mol. The minimum atomic E-state index is -0.606. The molecule has 2 aromatic rings. The van der Waals surface area contributed by atoms with E-state index in [4.69, 9.17) is 0 Å². The standard InChI is InChI=1S/C23H26N6O3/c30-20-5-4-18(22(31)27-20)29-14-16-3-1-2-15(21(16)23(29)32)13-26-19-12-17(6-7-25-19)28-10-8-24-9-11-28/h1-3,6-7,12,18,24H,4-5,8-11,13-14H2,(H,25,26)(H,27,30,31). The summed E-state index contributed by atoms with van der Waals surface area (Å²) < 4.78 is 0. The van der Waals surface area contributed by atoms with Gasteiger partial charge in [0.2, 0.25) is 11.8 Å². The normalized spacial score (nSPS) is 20.9. The van der Waals surface area contributed by atoms with Crippen molar-refractivity contribution in [2.45, 2.75) is 32.0 Å². The first-order valence-electron chi connectivity index (χ1n) is 11.0. The van der Waals surface area contributed by atoms with Crippen LogP contribution in [0, 0.1) is 0 Å². The number of piperidine rings is 1. The molecule has 4 heterocycles. The lowest BCUT2D eigenvalue weighted by molar-refractivity contribution is -0.136. The number of rotatable bonds is 5. The van der Waals surface area contributed by atoms with Gasteiger partial charge in [0.1, 0.15) is 11.9 Å². The highest BCUT2D eigenvalue weighted by Gasteiger charge is 2.39. The van der Waals surface area contributed by atoms with E-state index in [1.807, 2.05) is 30.3 Å². The molecular weight excluding hydrogens is 408 g/mol. The second-order valence-corrected chi connectivity index (χ2v) is 8.34. The van der Waals surface area contributed by atoms with E-state index in [-0.39, 0.29) is 18.2 Å². The Morgan fingerprint density at radius 3 is 2.78 bits per heavy atom. The van der Waals surface area contributed by atoms with Gasteiger partial charge < -0.3 is 20.4 Å². The van der Waals surface area contributed by atoms with Crippen LogP contribution in [0.5, 0.6) is 0 Å². The summed E-state index contributed by atoms with van der Waals surface area (Å²) >= 11 is 0. The first-order chi connectivity index (χ1) is 15.6. The number of hydrogen-bond acceptors (Lipinski definition) is 7. The smallest absolute Gasteiger partial charge is 0.255 e. The van der Waals surface area contributed by atoms with Crippen molar-refractivity contribution in [2.75, 3.05) is 36.4 Å². The summed E-state index contributed by atoms with van der Waals surface area (Å²) in [6, 6.07) is 9.22. The van der Waals surface area contributed by atoms with Crippen LogP contribution in [0.1, 0.15) is 34.3 Å². The van der Waals surface area contributed by atoms with Crippen LogP contribution in [0.15, 0.2) is 36.5 Å². The molecule has 5 rings (SSSR count). The monoisotopic (exact) mass is 434 g/mol. The molecule has 166 valence electrons. The zero-order valence-corrected chi connectivity index (χ0v) is 17.8. The number of carbonyl (C=O) groups excluding carboxylic acids is 3. The molecule has 0 bridgehead atoms. The van der Waals surface area contributed by atoms with E-state index in [1.54, 1.807) is 11.1 Å². The fourth-order valence-electron chi connectivity index (χ4n) is 4.66. The molecule has 0 saturated carbocycles. The fourth-order valence-corrected chi connectivity index (χ4v) is 4.66. The van der Waals surface area contributed by atoms with Gasteiger partial charge in [-0.25, -0.2) is 4.98 Å². The number of benzene rings is 1. The molecule has 0 spiro atoms. The largest absolute Gasteiger partial charge is 0.369 e. The highest BCUT2D eigenvalue weighted by Crippen LogP contribution is 2.30. The molecule has 1 atom stereocenters. The van der Waals surface area contributed by atoms with E-state index < -0.39 is 11.9 Å². The summed E-state index contributed by atoms with van der Waals surface area (Å²) in [5.74, 6) is -0.0765. The third kappa shape index (κ3) is 3.91. The molecule has 3 aliphatic rings. The number of hydrogen-bond donors (Lipinski definition) is 3. The van der Waals surface area contributed by atoms with Gasteiger partial charge in [0.25, 0.3) is 5.91 Å². The van der Waals surface area contributed by atoms with Crippen LogP contribution >= 0.6 is 0 Å². The maximum absolute atomic E-state index is 13.2. The van der Waals surface area contributed by atoms with Crippen molar-refractivity contribution < 1.29 is 14.4 Å². The molecule has 1 aromatic heterocycles. The van der Waals surface area contributed by atoms with Crippen molar-refractivity contribution in [3.05, 3.63) is 53.2 Å². The van der Waals surface area contributed by atoms with E-state index in [0.29, 0.717) is 25.1 Å². The minimum absolute atomic E-state index is 0.158. The molecule has 32 heavy (non-hydrogen) atoms. The zero-order valence-electron chi connectivity index (χ0n) is 17.8. The van der Waals surface area contributed by atoms with Crippen LogP contribution in [0.4, 0.5) is 11.5 Å². The summed E-state index contributed by atoms with van der Waals surface area (Å²) in [7, 11) is 0. The van der Waals surface area contributed by atoms with Gasteiger partial charge in [0.15, 0.2) is 0 Å². The third-order valence-electron chi connectivity index (χ3n) is 6.32. The lowest BCUT2D eigenvalue weighted by Crippen LogP contribution is -2.52. The van der Waals surface area contributed by atoms with Crippen molar-refractivity contribution in [1.29, 1.82) is 0 Å². The number of imide groups is 1. The Morgan fingerprint density at radius 1 is 1.12 bits per heavy atom. The van der Waals surface area contributed by atoms with Gasteiger partial charge in [0, 0.05) is 69.2 Å². The van der Waals surface area contributed by atoms with Gasteiger partial charge in [-0.2, -0.15) is 0 Å². The Kier molecular flexibility index (Phi) is 5.48. The van der Waals surface area contributed by atoms with Gasteiger partial charge in [0.05, 0.1) is 0 Å². The van der Waals surface area contributed by atoms with Crippen LogP contribution in [-0.2, 0) is 22.7 Å². The number of nitrogens with one attached hydrogen (secondary N) is 3. The van der Waals surface area contributed by atoms with Crippen molar-refractivity contribution in [2.24, 2.45) is 0 Å². The summed E-state index contributed by atoms with van der Waals surface area (Å²) in [6.45, 7) is 4.68. The van der Waals surface area contributed by atoms with E-state index in [0.717, 1.165) is 48.8 Å². The second-order valence-electron chi connectivity index (χ2n) is 8.34. The highest BCUT2D eigenvalue weighted by molar-refractivity contribution is 6.06. The van der Waals surface area contributed by atoms with Gasteiger partial charge in [-0.15, -0.1) is 0 Å². The molecular formula is C23H26N6O3. The molecule has 9 nitrogen and oxygen atoms in total. The maximum Gasteiger partial charge on any atom is 0.255 e. The number of pyridine rings is 1. The van der Waals surface area contributed by atoms with Gasteiger partial charge in [-0.05, 0) is 23.6 Å². The lowest BCUT2D eigenvalue weighted by atomic mass is 10.0. The number of amides is 3. The number of aromatic nitrogens is 1. The van der Waals surface area contributed by atoms with Gasteiger partial charge in [-0.3, -0.25) is 19.7 Å². The molecule has 2 saturated heterocycles. The number of nitrogens with zero attached hydrogens (tertiary/aromatic N) is 3. The predicted octanol–water partition coefficient (Wildman–Crippen LogP) is 0.864. The van der Waals surface area contributed by atoms with Crippen molar-refractivity contribution in [1.82, 2.24) is 20.5 Å². The number of piperazine rings is 1. The Morgan fingerprint density at radius 2 is 1.97 bits per heavy atom. The first-order valence-corrected chi connectivity index (χ1v) is 11.0. The molecule has 3 N–H and O–H groups in total. The van der Waals surface area contributed by atoms with E-state index in [9.17, 15) is 14.4 Å². The average molecular weight is 435 g/mol. The number of anilines is 2. The SMILES string of the molecule is O=C1CCC(N2Cc3cccc(CNc4cc(N5CCNCC5)ccn4)c3C2=O)C(=O)N1. The summed E-state index contributed by atoms with van der Waals surface area (Å²) in [5.41, 5.74) is 3.54. The van der Waals surface area contributed by atoms with Crippen LogP contribution < -0.4 is 20.9 Å². The van der Waals surface area contributed by atoms with Crippen molar-refractivity contribution in [3.8, 4) is 0 Å². The van der Waals surface area contributed by atoms with Crippen LogP contribution in [0.3, 0.4) is 0 Å². The second kappa shape index (κ2) is 8.58. The molecule has 0 radical (unpaired) electrons. The van der Waals surface area contributed by atoms with Crippen LogP contribution in [0.25, 0.3) is 0 Å². The Labute approximate surface area is 186 Å². The molecule has 3 amide bonds. The van der Waals surface area contributed by atoms with Crippen molar-refractivity contribution in [3.63, 3.8) is 0 Å². The highest BCUT2D eigenvalue weighted by atomic mass is 16.2. The van der Waals surface area contributed by atoms with Crippen LogP contribution in [0.2, 0.25) is 0 Å². The maximum atomic E-state index is 13.2. The topological polar surface area (TPSA) is 107 Å². The first kappa shape index (κ1) is 20.4. The summed E-state index contributed by atoms with van der Waals surface area (Å²) in [4.78, 5) is 45.3. The Hall–Kier alpha value is -3.46. The zero-order chi connectivity index (χ0) is 22.1. The fraction of sp³-hybridized carbons (Fsp3) is 0.391. The average Bonchev–Trinajstić information content (AvgIpc) is 3.15. The van der Waals surface area contributed by atoms with Crippen molar-refractivity contribution >= 4 is 29.2 Å². The molecule has 3 aliphatic heterocycles. The summed E-state index contributed by atoms with van der Waals surface area (Å²) in [6.07, 6.45) is 2.41. The van der Waals surface area contributed by atoms with Gasteiger partial charge >= 0.3 is 0 Å². The molecule has 2 fully saturated rings.